The summed E-state index contributed by atoms with van der Waals surface area (Å²) in [6.07, 6.45) is 7.55. The molecule has 4 nitrogen and oxygen atoms in total. The largest absolute Gasteiger partial charge is 0.309 e. The molecule has 0 unspecified atom stereocenters. The Balaban J connectivity index is 2.56. The summed E-state index contributed by atoms with van der Waals surface area (Å²) >= 11 is 0. The molecular weight excluding hydrogens is 200 g/mol. The molecule has 2 heterocycles. The number of hydrogen-bond donors (Lipinski definition) is 0. The maximum absolute atomic E-state index is 4.15. The van der Waals surface area contributed by atoms with Crippen molar-refractivity contribution in [3.8, 4) is 11.1 Å². The number of aromatic nitrogens is 3. The summed E-state index contributed by atoms with van der Waals surface area (Å²) < 4.78 is 3.67. The van der Waals surface area contributed by atoms with Gasteiger partial charge in [-0.3, -0.25) is 9.67 Å². The van der Waals surface area contributed by atoms with Gasteiger partial charge in [0.1, 0.15) is 5.49 Å². The van der Waals surface area contributed by atoms with E-state index in [1.165, 1.54) is 0 Å². The van der Waals surface area contributed by atoms with Crippen LogP contribution in [0.5, 0.6) is 0 Å². The number of hydrogen-bond acceptors (Lipinski definition) is 2. The Kier molecular flexibility index (Phi) is 2.72. The van der Waals surface area contributed by atoms with E-state index < -0.39 is 0 Å². The lowest BCUT2D eigenvalue weighted by Crippen LogP contribution is -2.14. The number of aryl methyl sites for hydroxylation is 1. The highest BCUT2D eigenvalue weighted by Crippen LogP contribution is 2.16. The van der Waals surface area contributed by atoms with Crippen molar-refractivity contribution in [3.05, 3.63) is 42.8 Å². The average molecular weight is 214 g/mol. The van der Waals surface area contributed by atoms with Gasteiger partial charge in [-0.1, -0.05) is 6.58 Å². The summed E-state index contributed by atoms with van der Waals surface area (Å²) in [6, 6.07) is 3.99. The molecule has 0 aliphatic heterocycles. The van der Waals surface area contributed by atoms with E-state index >= 15 is 0 Å². The van der Waals surface area contributed by atoms with Crippen molar-refractivity contribution in [2.45, 2.75) is 0 Å². The fraction of sp³-hybridized carbons (Fsp3) is 0.167. The fourth-order valence-electron chi connectivity index (χ4n) is 1.59. The van der Waals surface area contributed by atoms with Gasteiger partial charge in [0.2, 0.25) is 0 Å². The molecule has 0 saturated carbocycles. The van der Waals surface area contributed by atoms with Crippen molar-refractivity contribution in [2.24, 2.45) is 12.0 Å². The van der Waals surface area contributed by atoms with E-state index in [1.807, 2.05) is 42.3 Å². The predicted octanol–water partition coefficient (Wildman–Crippen LogP) is 1.52. The first-order valence-corrected chi connectivity index (χ1v) is 5.01. The second-order valence-corrected chi connectivity index (χ2v) is 3.49. The summed E-state index contributed by atoms with van der Waals surface area (Å²) in [5, 5.41) is 4.15. The smallest absolute Gasteiger partial charge is 0.131 e. The second kappa shape index (κ2) is 4.18. The van der Waals surface area contributed by atoms with Gasteiger partial charge in [0, 0.05) is 43.8 Å². The average Bonchev–Trinajstić information content (AvgIpc) is 2.75. The zero-order valence-corrected chi connectivity index (χ0v) is 9.46. The third-order valence-electron chi connectivity index (χ3n) is 2.42. The van der Waals surface area contributed by atoms with Crippen molar-refractivity contribution in [2.75, 3.05) is 7.05 Å². The van der Waals surface area contributed by atoms with E-state index in [0.717, 1.165) is 16.6 Å². The fourth-order valence-corrected chi connectivity index (χ4v) is 1.59. The van der Waals surface area contributed by atoms with Crippen molar-refractivity contribution in [3.63, 3.8) is 0 Å². The first-order valence-electron chi connectivity index (χ1n) is 5.01. The van der Waals surface area contributed by atoms with Crippen LogP contribution in [0.4, 0.5) is 0 Å². The summed E-state index contributed by atoms with van der Waals surface area (Å²) in [5.41, 5.74) is 3.06. The molecule has 0 N–H and O–H groups in total. The Morgan fingerprint density at radius 3 is 2.69 bits per heavy atom. The van der Waals surface area contributed by atoms with Crippen LogP contribution in [0.1, 0.15) is 0 Å². The lowest BCUT2D eigenvalue weighted by molar-refractivity contribution is 0.768. The van der Waals surface area contributed by atoms with Gasteiger partial charge >= 0.3 is 0 Å². The molecular formula is C12H14N4. The van der Waals surface area contributed by atoms with Crippen LogP contribution >= 0.6 is 0 Å². The first-order chi connectivity index (χ1) is 7.74. The number of nitrogens with zero attached hydrogens (tertiary/aromatic N) is 4. The lowest BCUT2D eigenvalue weighted by Gasteiger charge is -2.03. The van der Waals surface area contributed by atoms with Crippen LogP contribution < -0.4 is 5.49 Å². The Morgan fingerprint density at radius 1 is 1.31 bits per heavy atom. The SMILES string of the molecule is C=Cn1cc(-c2cnn(C)c2)cc/c1=N/C. The molecule has 0 saturated heterocycles. The van der Waals surface area contributed by atoms with Gasteiger partial charge in [-0.15, -0.1) is 0 Å². The molecule has 4 heteroatoms. The van der Waals surface area contributed by atoms with E-state index in [0.29, 0.717) is 0 Å². The van der Waals surface area contributed by atoms with E-state index in [2.05, 4.69) is 16.7 Å². The molecule has 2 aromatic rings. The van der Waals surface area contributed by atoms with E-state index in [4.69, 9.17) is 0 Å². The van der Waals surface area contributed by atoms with Gasteiger partial charge in [0.25, 0.3) is 0 Å². The molecule has 0 aliphatic rings. The maximum Gasteiger partial charge on any atom is 0.131 e. The molecule has 0 fully saturated rings. The monoisotopic (exact) mass is 214 g/mol. The Labute approximate surface area is 94.2 Å². The van der Waals surface area contributed by atoms with E-state index in [-0.39, 0.29) is 0 Å². The van der Waals surface area contributed by atoms with Crippen LogP contribution in [0, 0.1) is 0 Å². The highest BCUT2D eigenvalue weighted by Gasteiger charge is 2.00. The molecule has 0 bridgehead atoms. The molecule has 2 aromatic heterocycles. The molecule has 0 aliphatic carbocycles. The molecule has 0 amide bonds. The molecule has 0 atom stereocenters. The molecule has 82 valence electrons. The number of pyridine rings is 1. The maximum atomic E-state index is 4.15. The highest BCUT2D eigenvalue weighted by molar-refractivity contribution is 5.60. The van der Waals surface area contributed by atoms with Crippen molar-refractivity contribution >= 4 is 6.20 Å². The molecule has 16 heavy (non-hydrogen) atoms. The summed E-state index contributed by atoms with van der Waals surface area (Å²) in [5.74, 6) is 0. The molecule has 0 spiro atoms. The lowest BCUT2D eigenvalue weighted by atomic mass is 10.2. The van der Waals surface area contributed by atoms with Gasteiger partial charge in [0.15, 0.2) is 0 Å². The molecule has 0 radical (unpaired) electrons. The van der Waals surface area contributed by atoms with Gasteiger partial charge in [-0.25, -0.2) is 0 Å². The Bertz CT molecular complexity index is 575. The third kappa shape index (κ3) is 1.82. The van der Waals surface area contributed by atoms with Crippen LogP contribution in [0.25, 0.3) is 17.3 Å². The minimum Gasteiger partial charge on any atom is -0.309 e. The van der Waals surface area contributed by atoms with Crippen molar-refractivity contribution in [1.29, 1.82) is 0 Å². The topological polar surface area (TPSA) is 35.1 Å². The van der Waals surface area contributed by atoms with Crippen LogP contribution in [0.15, 0.2) is 42.3 Å². The first kappa shape index (κ1) is 10.4. The van der Waals surface area contributed by atoms with Crippen LogP contribution in [-0.4, -0.2) is 21.4 Å². The minimum atomic E-state index is 0.877. The standard InChI is InChI=1S/C12H14N4/c1-4-16-9-10(5-6-12(16)13-2)11-7-14-15(3)8-11/h4-9H,1H2,2-3H3/b13-12-. The van der Waals surface area contributed by atoms with E-state index in [9.17, 15) is 0 Å². The Hall–Kier alpha value is -2.10. The molecule has 2 rings (SSSR count). The van der Waals surface area contributed by atoms with Crippen LogP contribution in [0.2, 0.25) is 0 Å². The summed E-state index contributed by atoms with van der Waals surface area (Å²) in [7, 11) is 3.67. The van der Waals surface area contributed by atoms with Gasteiger partial charge < -0.3 is 4.57 Å². The third-order valence-corrected chi connectivity index (χ3v) is 2.42. The Morgan fingerprint density at radius 2 is 2.12 bits per heavy atom. The van der Waals surface area contributed by atoms with Crippen LogP contribution in [0.3, 0.4) is 0 Å². The summed E-state index contributed by atoms with van der Waals surface area (Å²) in [4.78, 5) is 4.15. The predicted molar refractivity (Wildman–Crippen MR) is 64.5 cm³/mol. The normalized spacial score (nSPS) is 11.8. The minimum absolute atomic E-state index is 0.877. The zero-order chi connectivity index (χ0) is 11.5. The van der Waals surface area contributed by atoms with Gasteiger partial charge in [-0.2, -0.15) is 5.10 Å². The second-order valence-electron chi connectivity index (χ2n) is 3.49. The molecule has 0 aromatic carbocycles. The quantitative estimate of drug-likeness (QED) is 0.746. The van der Waals surface area contributed by atoms with Gasteiger partial charge in [-0.05, 0) is 12.1 Å². The van der Waals surface area contributed by atoms with Crippen LogP contribution in [-0.2, 0) is 7.05 Å². The summed E-state index contributed by atoms with van der Waals surface area (Å²) in [6.45, 7) is 3.76. The number of rotatable bonds is 2. The zero-order valence-electron chi connectivity index (χ0n) is 9.46. The van der Waals surface area contributed by atoms with Crippen molar-refractivity contribution < 1.29 is 0 Å². The highest BCUT2D eigenvalue weighted by atomic mass is 15.2. The van der Waals surface area contributed by atoms with E-state index in [1.54, 1.807) is 17.9 Å². The van der Waals surface area contributed by atoms with Gasteiger partial charge in [0.05, 0.1) is 6.20 Å². The van der Waals surface area contributed by atoms with Crippen molar-refractivity contribution in [1.82, 2.24) is 14.3 Å².